The van der Waals surface area contributed by atoms with Gasteiger partial charge in [-0.1, -0.05) is 32.9 Å². The van der Waals surface area contributed by atoms with Gasteiger partial charge in [0.1, 0.15) is 5.82 Å². The fourth-order valence-electron chi connectivity index (χ4n) is 2.98. The van der Waals surface area contributed by atoms with E-state index in [1.54, 1.807) is 12.1 Å². The number of aromatic amines is 1. The molecule has 2 N–H and O–H groups in total. The SMILES string of the molecule is CC(C)(C)c1ccc(C(=O)NCc2nc3cc4c(cc3[nH]2)OC(F)(F)O4)cc1. The Balaban J connectivity index is 1.45. The van der Waals surface area contributed by atoms with Gasteiger partial charge >= 0.3 is 6.29 Å². The largest absolute Gasteiger partial charge is 0.586 e. The summed E-state index contributed by atoms with van der Waals surface area (Å²) in [6, 6.07) is 10.2. The number of alkyl halides is 2. The van der Waals surface area contributed by atoms with Gasteiger partial charge in [-0.05, 0) is 23.1 Å². The summed E-state index contributed by atoms with van der Waals surface area (Å²) in [5, 5.41) is 2.79. The van der Waals surface area contributed by atoms with Crippen LogP contribution in [0.3, 0.4) is 0 Å². The number of hydrogen-bond acceptors (Lipinski definition) is 4. The van der Waals surface area contributed by atoms with Gasteiger partial charge in [0.2, 0.25) is 0 Å². The average molecular weight is 387 g/mol. The molecule has 0 spiro atoms. The summed E-state index contributed by atoms with van der Waals surface area (Å²) in [5.41, 5.74) is 2.66. The highest BCUT2D eigenvalue weighted by Gasteiger charge is 2.43. The number of ether oxygens (including phenoxy) is 2. The van der Waals surface area contributed by atoms with Crippen LogP contribution >= 0.6 is 0 Å². The third kappa shape index (κ3) is 3.49. The predicted molar refractivity (Wildman–Crippen MR) is 98.6 cm³/mol. The number of nitrogens with one attached hydrogen (secondary N) is 2. The Morgan fingerprint density at radius 1 is 1.14 bits per heavy atom. The molecule has 1 amide bonds. The first-order chi connectivity index (χ1) is 13.1. The van der Waals surface area contributed by atoms with Gasteiger partial charge in [-0.15, -0.1) is 8.78 Å². The number of carbonyl (C=O) groups excluding carboxylic acids is 1. The van der Waals surface area contributed by atoms with Crippen molar-refractivity contribution in [1.82, 2.24) is 15.3 Å². The molecule has 0 saturated carbocycles. The van der Waals surface area contributed by atoms with Crippen molar-refractivity contribution in [2.75, 3.05) is 0 Å². The fraction of sp³-hybridized carbons (Fsp3) is 0.300. The quantitative estimate of drug-likeness (QED) is 0.709. The normalized spacial score (nSPS) is 15.0. The third-order valence-corrected chi connectivity index (χ3v) is 4.48. The second-order valence-corrected chi connectivity index (χ2v) is 7.68. The number of nitrogens with zero attached hydrogens (tertiary/aromatic N) is 1. The van der Waals surface area contributed by atoms with Gasteiger partial charge in [-0.2, -0.15) is 0 Å². The van der Waals surface area contributed by atoms with Crippen molar-refractivity contribution in [2.24, 2.45) is 0 Å². The molecule has 1 aliphatic heterocycles. The lowest BCUT2D eigenvalue weighted by Crippen LogP contribution is -2.25. The number of imidazole rings is 1. The van der Waals surface area contributed by atoms with E-state index >= 15 is 0 Å². The van der Waals surface area contributed by atoms with Crippen molar-refractivity contribution < 1.29 is 23.0 Å². The molecule has 3 aromatic rings. The van der Waals surface area contributed by atoms with E-state index in [1.165, 1.54) is 12.1 Å². The van der Waals surface area contributed by atoms with E-state index in [0.29, 0.717) is 22.4 Å². The van der Waals surface area contributed by atoms with Crippen LogP contribution in [0.15, 0.2) is 36.4 Å². The lowest BCUT2D eigenvalue weighted by atomic mass is 9.87. The van der Waals surface area contributed by atoms with Crippen molar-refractivity contribution in [2.45, 2.75) is 39.0 Å². The molecule has 0 radical (unpaired) electrons. The van der Waals surface area contributed by atoms with Gasteiger partial charge in [0.25, 0.3) is 5.91 Å². The highest BCUT2D eigenvalue weighted by atomic mass is 19.3. The lowest BCUT2D eigenvalue weighted by molar-refractivity contribution is -0.286. The number of amides is 1. The summed E-state index contributed by atoms with van der Waals surface area (Å²) in [5.74, 6) is 0.133. The molecule has 0 fully saturated rings. The molecule has 0 unspecified atom stereocenters. The Labute approximate surface area is 159 Å². The predicted octanol–water partition coefficient (Wildman–Crippen LogP) is 4.11. The van der Waals surface area contributed by atoms with E-state index in [0.717, 1.165) is 5.56 Å². The van der Waals surface area contributed by atoms with E-state index < -0.39 is 6.29 Å². The maximum Gasteiger partial charge on any atom is 0.586 e. The molecule has 2 heterocycles. The number of benzene rings is 2. The van der Waals surface area contributed by atoms with Crippen molar-refractivity contribution in [1.29, 1.82) is 0 Å². The lowest BCUT2D eigenvalue weighted by Gasteiger charge is -2.19. The third-order valence-electron chi connectivity index (χ3n) is 4.48. The smallest absolute Gasteiger partial charge is 0.395 e. The number of aromatic nitrogens is 2. The second-order valence-electron chi connectivity index (χ2n) is 7.68. The van der Waals surface area contributed by atoms with Gasteiger partial charge in [0, 0.05) is 17.7 Å². The van der Waals surface area contributed by atoms with Crippen LogP contribution < -0.4 is 14.8 Å². The van der Waals surface area contributed by atoms with E-state index in [9.17, 15) is 13.6 Å². The van der Waals surface area contributed by atoms with Gasteiger partial charge < -0.3 is 19.8 Å². The molecule has 8 heteroatoms. The molecule has 0 aliphatic carbocycles. The topological polar surface area (TPSA) is 76.2 Å². The number of carbonyl (C=O) groups is 1. The standard InChI is InChI=1S/C20H19F2N3O3/c1-19(2,3)12-6-4-11(5-7-12)18(26)23-10-17-24-13-8-15-16(9-14(13)25-17)28-20(21,22)27-15/h4-9H,10H2,1-3H3,(H,23,26)(H,24,25). The molecule has 0 saturated heterocycles. The number of H-pyrrole nitrogens is 1. The van der Waals surface area contributed by atoms with Crippen molar-refractivity contribution in [3.8, 4) is 11.5 Å². The molecular weight excluding hydrogens is 368 g/mol. The van der Waals surface area contributed by atoms with E-state index in [4.69, 9.17) is 0 Å². The minimum absolute atomic E-state index is 0.0148. The van der Waals surface area contributed by atoms with Crippen molar-refractivity contribution in [3.05, 3.63) is 53.3 Å². The summed E-state index contributed by atoms with van der Waals surface area (Å²) in [6.07, 6.45) is -3.67. The van der Waals surface area contributed by atoms with Gasteiger partial charge in [-0.3, -0.25) is 4.79 Å². The fourth-order valence-corrected chi connectivity index (χ4v) is 2.98. The summed E-state index contributed by atoms with van der Waals surface area (Å²) >= 11 is 0. The molecular formula is C20H19F2N3O3. The molecule has 28 heavy (non-hydrogen) atoms. The van der Waals surface area contributed by atoms with Gasteiger partial charge in [0.15, 0.2) is 11.5 Å². The first kappa shape index (κ1) is 18.2. The molecule has 1 aromatic heterocycles. The molecule has 6 nitrogen and oxygen atoms in total. The van der Waals surface area contributed by atoms with Crippen LogP contribution in [0.5, 0.6) is 11.5 Å². The Bertz CT molecular complexity index is 1010. The summed E-state index contributed by atoms with van der Waals surface area (Å²) in [4.78, 5) is 19.6. The maximum atomic E-state index is 13.1. The zero-order chi connectivity index (χ0) is 20.1. The average Bonchev–Trinajstić information content (AvgIpc) is 3.13. The van der Waals surface area contributed by atoms with E-state index in [-0.39, 0.29) is 29.4 Å². The summed E-state index contributed by atoms with van der Waals surface area (Å²) < 4.78 is 35.1. The Kier molecular flexibility index (Phi) is 4.02. The summed E-state index contributed by atoms with van der Waals surface area (Å²) in [6.45, 7) is 6.49. The Morgan fingerprint density at radius 3 is 2.43 bits per heavy atom. The zero-order valence-corrected chi connectivity index (χ0v) is 15.6. The molecule has 2 aromatic carbocycles. The maximum absolute atomic E-state index is 13.1. The Morgan fingerprint density at radius 2 is 1.79 bits per heavy atom. The van der Waals surface area contributed by atoms with Crippen LogP contribution in [-0.2, 0) is 12.0 Å². The molecule has 0 bridgehead atoms. The van der Waals surface area contributed by atoms with Crippen molar-refractivity contribution >= 4 is 16.9 Å². The second kappa shape index (κ2) is 6.19. The minimum atomic E-state index is -3.67. The van der Waals surface area contributed by atoms with E-state index in [2.05, 4.69) is 45.5 Å². The first-order valence-electron chi connectivity index (χ1n) is 8.78. The van der Waals surface area contributed by atoms with Crippen LogP contribution in [0, 0.1) is 0 Å². The zero-order valence-electron chi connectivity index (χ0n) is 15.6. The molecule has 1 aliphatic rings. The molecule has 4 rings (SSSR count). The summed E-state index contributed by atoms with van der Waals surface area (Å²) in [7, 11) is 0. The van der Waals surface area contributed by atoms with Gasteiger partial charge in [0.05, 0.1) is 17.6 Å². The number of rotatable bonds is 3. The van der Waals surface area contributed by atoms with E-state index in [1.807, 2.05) is 12.1 Å². The number of halogens is 2. The van der Waals surface area contributed by atoms with Crippen LogP contribution in [0.2, 0.25) is 0 Å². The number of fused-ring (bicyclic) bond motifs is 2. The highest BCUT2D eigenvalue weighted by molar-refractivity contribution is 5.94. The monoisotopic (exact) mass is 387 g/mol. The minimum Gasteiger partial charge on any atom is -0.395 e. The highest BCUT2D eigenvalue weighted by Crippen LogP contribution is 2.42. The van der Waals surface area contributed by atoms with Crippen LogP contribution in [0.4, 0.5) is 8.78 Å². The number of hydrogen-bond donors (Lipinski definition) is 2. The van der Waals surface area contributed by atoms with Crippen molar-refractivity contribution in [3.63, 3.8) is 0 Å². The first-order valence-corrected chi connectivity index (χ1v) is 8.78. The Hall–Kier alpha value is -3.16. The van der Waals surface area contributed by atoms with Gasteiger partial charge in [-0.25, -0.2) is 4.98 Å². The van der Waals surface area contributed by atoms with Crippen LogP contribution in [0.1, 0.15) is 42.5 Å². The van der Waals surface area contributed by atoms with Crippen LogP contribution in [-0.4, -0.2) is 22.2 Å². The van der Waals surface area contributed by atoms with Crippen LogP contribution in [0.25, 0.3) is 11.0 Å². The molecule has 0 atom stereocenters. The molecule has 146 valence electrons.